The van der Waals surface area contributed by atoms with Gasteiger partial charge in [0.25, 0.3) is 0 Å². The summed E-state index contributed by atoms with van der Waals surface area (Å²) in [6.45, 7) is 5.34. The number of aryl methyl sites for hydroxylation is 1. The molecule has 0 radical (unpaired) electrons. The molecule has 0 amide bonds. The summed E-state index contributed by atoms with van der Waals surface area (Å²) in [7, 11) is 4.16. The van der Waals surface area contributed by atoms with Gasteiger partial charge in [0, 0.05) is 38.7 Å². The van der Waals surface area contributed by atoms with Gasteiger partial charge in [-0.1, -0.05) is 18.2 Å². The lowest BCUT2D eigenvalue weighted by Gasteiger charge is -2.16. The summed E-state index contributed by atoms with van der Waals surface area (Å²) in [5, 5.41) is 0. The summed E-state index contributed by atoms with van der Waals surface area (Å²) < 4.78 is 2.08. The molecule has 0 fully saturated rings. The maximum atomic E-state index is 2.23. The number of hydrogen-bond acceptors (Lipinski definition) is 1. The van der Waals surface area contributed by atoms with E-state index in [4.69, 9.17) is 0 Å². The highest BCUT2D eigenvalue weighted by atomic mass is 15.1. The highest BCUT2D eigenvalue weighted by Crippen LogP contribution is 2.20. The largest absolute Gasteiger partial charge is 0.375 e. The van der Waals surface area contributed by atoms with Crippen LogP contribution in [-0.2, 0) is 7.05 Å². The first-order chi connectivity index (χ1) is 9.10. The minimum absolute atomic E-state index is 1.03. The van der Waals surface area contributed by atoms with Crippen LogP contribution in [0.5, 0.6) is 0 Å². The molecule has 0 N–H and O–H groups in total. The molecule has 0 atom stereocenters. The minimum atomic E-state index is 1.03. The molecule has 2 heteroatoms. The predicted octanol–water partition coefficient (Wildman–Crippen LogP) is 4.04. The number of aromatic nitrogens is 1. The Morgan fingerprint density at radius 3 is 2.42 bits per heavy atom. The summed E-state index contributed by atoms with van der Waals surface area (Å²) in [6.07, 6.45) is 6.45. The average Bonchev–Trinajstić information content (AvgIpc) is 2.85. The summed E-state index contributed by atoms with van der Waals surface area (Å²) >= 11 is 0. The summed E-state index contributed by atoms with van der Waals surface area (Å²) in [5.41, 5.74) is 5.07. The number of allylic oxidation sites excluding steroid dienone is 1. The molecule has 0 aliphatic rings. The van der Waals surface area contributed by atoms with Gasteiger partial charge in [-0.3, -0.25) is 0 Å². The first-order valence-electron chi connectivity index (χ1n) is 6.72. The Kier molecular flexibility index (Phi) is 4.10. The van der Waals surface area contributed by atoms with Crippen molar-refractivity contribution in [2.75, 3.05) is 18.5 Å². The van der Waals surface area contributed by atoms with Crippen molar-refractivity contribution in [2.24, 2.45) is 7.05 Å². The van der Waals surface area contributed by atoms with E-state index in [1.165, 1.54) is 22.4 Å². The predicted molar refractivity (Wildman–Crippen MR) is 84.3 cm³/mol. The summed E-state index contributed by atoms with van der Waals surface area (Å²) in [5.74, 6) is 0. The zero-order valence-electron chi connectivity index (χ0n) is 12.2. The highest BCUT2D eigenvalue weighted by Gasteiger charge is 1.99. The molecule has 0 aliphatic carbocycles. The second-order valence-corrected chi connectivity index (χ2v) is 5.00. The topological polar surface area (TPSA) is 8.17 Å². The van der Waals surface area contributed by atoms with E-state index in [0.717, 1.165) is 6.54 Å². The van der Waals surface area contributed by atoms with E-state index >= 15 is 0 Å². The van der Waals surface area contributed by atoms with Crippen molar-refractivity contribution in [2.45, 2.75) is 13.8 Å². The molecule has 0 saturated heterocycles. The van der Waals surface area contributed by atoms with Gasteiger partial charge in [0.1, 0.15) is 0 Å². The second-order valence-electron chi connectivity index (χ2n) is 5.00. The van der Waals surface area contributed by atoms with Crippen LogP contribution in [0.15, 0.2) is 42.7 Å². The Morgan fingerprint density at radius 2 is 1.89 bits per heavy atom. The van der Waals surface area contributed by atoms with E-state index in [-0.39, 0.29) is 0 Å². The molecule has 0 bridgehead atoms. The quantitative estimate of drug-likeness (QED) is 0.799. The number of rotatable bonds is 4. The van der Waals surface area contributed by atoms with Crippen molar-refractivity contribution in [3.8, 4) is 0 Å². The molecule has 0 saturated carbocycles. The van der Waals surface area contributed by atoms with Gasteiger partial charge in [0.15, 0.2) is 0 Å². The lowest BCUT2D eigenvalue weighted by atomic mass is 10.1. The van der Waals surface area contributed by atoms with Crippen LogP contribution in [0.1, 0.15) is 25.0 Å². The molecule has 1 aromatic heterocycles. The molecule has 0 spiro atoms. The van der Waals surface area contributed by atoms with Gasteiger partial charge in [0.05, 0.1) is 0 Å². The van der Waals surface area contributed by atoms with Gasteiger partial charge in [0.2, 0.25) is 0 Å². The van der Waals surface area contributed by atoms with Crippen LogP contribution < -0.4 is 4.90 Å². The van der Waals surface area contributed by atoms with Crippen LogP contribution in [0, 0.1) is 0 Å². The van der Waals surface area contributed by atoms with Crippen molar-refractivity contribution in [3.63, 3.8) is 0 Å². The van der Waals surface area contributed by atoms with Gasteiger partial charge < -0.3 is 9.47 Å². The van der Waals surface area contributed by atoms with E-state index in [0.29, 0.717) is 0 Å². The van der Waals surface area contributed by atoms with Crippen LogP contribution in [0.2, 0.25) is 0 Å². The fraction of sp³-hybridized carbons (Fsp3) is 0.294. The van der Waals surface area contributed by atoms with Gasteiger partial charge in [-0.2, -0.15) is 0 Å². The van der Waals surface area contributed by atoms with Crippen LogP contribution in [0.4, 0.5) is 5.69 Å². The number of benzene rings is 1. The zero-order valence-corrected chi connectivity index (χ0v) is 12.2. The number of hydrogen-bond donors (Lipinski definition) is 0. The molecule has 0 aliphatic heterocycles. The monoisotopic (exact) mass is 254 g/mol. The fourth-order valence-electron chi connectivity index (χ4n) is 2.08. The van der Waals surface area contributed by atoms with Crippen LogP contribution in [0.3, 0.4) is 0 Å². The number of anilines is 1. The van der Waals surface area contributed by atoms with Gasteiger partial charge in [-0.05, 0) is 48.7 Å². The van der Waals surface area contributed by atoms with Crippen LogP contribution in [0.25, 0.3) is 11.6 Å². The van der Waals surface area contributed by atoms with Crippen molar-refractivity contribution >= 4 is 17.3 Å². The molecule has 19 heavy (non-hydrogen) atoms. The third kappa shape index (κ3) is 3.28. The minimum Gasteiger partial charge on any atom is -0.375 e. The van der Waals surface area contributed by atoms with Crippen molar-refractivity contribution in [1.29, 1.82) is 0 Å². The number of nitrogens with zero attached hydrogens (tertiary/aromatic N) is 2. The zero-order chi connectivity index (χ0) is 13.8. The van der Waals surface area contributed by atoms with E-state index in [2.05, 4.69) is 79.2 Å². The molecular weight excluding hydrogens is 232 g/mol. The first kappa shape index (κ1) is 13.5. The standard InChI is InChI=1S/C17H22N2/c1-5-19(4)17-8-6-15(7-9-17)12-14(2)16-10-11-18(3)13-16/h6-13H,5H2,1-4H3/b14-12+. The molecule has 1 aromatic carbocycles. The van der Waals surface area contributed by atoms with Crippen LogP contribution in [-0.4, -0.2) is 18.2 Å². The van der Waals surface area contributed by atoms with Crippen molar-refractivity contribution in [1.82, 2.24) is 4.57 Å². The summed E-state index contributed by atoms with van der Waals surface area (Å²) in [6, 6.07) is 10.8. The van der Waals surface area contributed by atoms with Gasteiger partial charge >= 0.3 is 0 Å². The third-order valence-electron chi connectivity index (χ3n) is 3.48. The van der Waals surface area contributed by atoms with Crippen LogP contribution >= 0.6 is 0 Å². The second kappa shape index (κ2) is 5.79. The van der Waals surface area contributed by atoms with Crippen molar-refractivity contribution in [3.05, 3.63) is 53.9 Å². The molecule has 2 aromatic rings. The molecular formula is C17H22N2. The van der Waals surface area contributed by atoms with E-state index in [9.17, 15) is 0 Å². The Balaban J connectivity index is 2.19. The lowest BCUT2D eigenvalue weighted by molar-refractivity contribution is 0.927. The maximum Gasteiger partial charge on any atom is 0.0363 e. The maximum absolute atomic E-state index is 2.23. The third-order valence-corrected chi connectivity index (χ3v) is 3.48. The highest BCUT2D eigenvalue weighted by molar-refractivity contribution is 5.80. The van der Waals surface area contributed by atoms with E-state index < -0.39 is 0 Å². The Labute approximate surface area is 116 Å². The Morgan fingerprint density at radius 1 is 1.21 bits per heavy atom. The Bertz CT molecular complexity index is 561. The molecule has 100 valence electrons. The lowest BCUT2D eigenvalue weighted by Crippen LogP contribution is -2.15. The van der Waals surface area contributed by atoms with Gasteiger partial charge in [-0.25, -0.2) is 0 Å². The normalized spacial score (nSPS) is 11.7. The SMILES string of the molecule is CCN(C)c1ccc(/C=C(\C)c2ccn(C)c2)cc1. The fourth-order valence-corrected chi connectivity index (χ4v) is 2.08. The molecule has 1 heterocycles. The van der Waals surface area contributed by atoms with Crippen molar-refractivity contribution < 1.29 is 0 Å². The molecule has 0 unspecified atom stereocenters. The molecule has 2 rings (SSSR count). The average molecular weight is 254 g/mol. The van der Waals surface area contributed by atoms with Gasteiger partial charge in [-0.15, -0.1) is 0 Å². The van der Waals surface area contributed by atoms with E-state index in [1.54, 1.807) is 0 Å². The van der Waals surface area contributed by atoms with E-state index in [1.807, 2.05) is 7.05 Å². The Hall–Kier alpha value is -1.96. The molecule has 2 nitrogen and oxygen atoms in total. The smallest absolute Gasteiger partial charge is 0.0363 e. The summed E-state index contributed by atoms with van der Waals surface area (Å²) in [4.78, 5) is 2.23. The first-order valence-corrected chi connectivity index (χ1v) is 6.72.